The number of aromatic nitrogens is 4. The van der Waals surface area contributed by atoms with Crippen LogP contribution in [-0.2, 0) is 6.54 Å². The van der Waals surface area contributed by atoms with Crippen molar-refractivity contribution in [1.82, 2.24) is 19.5 Å². The summed E-state index contributed by atoms with van der Waals surface area (Å²) >= 11 is 2.21. The van der Waals surface area contributed by atoms with Crippen molar-refractivity contribution < 1.29 is 10.2 Å². The molecule has 0 bridgehead atoms. The number of phenolic OH excluding ortho intramolecular Hbond substituents is 1. The van der Waals surface area contributed by atoms with E-state index < -0.39 is 0 Å². The first-order chi connectivity index (χ1) is 13.4. The summed E-state index contributed by atoms with van der Waals surface area (Å²) in [6, 6.07) is 5.53. The van der Waals surface area contributed by atoms with Crippen molar-refractivity contribution in [2.45, 2.75) is 45.8 Å². The van der Waals surface area contributed by atoms with E-state index in [1.807, 2.05) is 23.6 Å². The van der Waals surface area contributed by atoms with Crippen molar-refractivity contribution in [3.8, 4) is 5.75 Å². The maximum atomic E-state index is 10.1. The van der Waals surface area contributed by atoms with Crippen molar-refractivity contribution in [3.05, 3.63) is 33.7 Å². The van der Waals surface area contributed by atoms with Gasteiger partial charge in [0.2, 0.25) is 5.95 Å². The lowest BCUT2D eigenvalue weighted by Gasteiger charge is -2.16. The average molecular weight is 496 g/mol. The van der Waals surface area contributed by atoms with E-state index in [0.29, 0.717) is 23.8 Å². The highest BCUT2D eigenvalue weighted by Crippen LogP contribution is 2.26. The number of aliphatic hydroxyl groups excluding tert-OH is 1. The van der Waals surface area contributed by atoms with Crippen LogP contribution in [0.5, 0.6) is 5.75 Å². The highest BCUT2D eigenvalue weighted by Gasteiger charge is 2.16. The fraction of sp³-hybridized carbons (Fsp3) is 0.421. The van der Waals surface area contributed by atoms with Crippen LogP contribution in [0.4, 0.5) is 11.8 Å². The molecule has 28 heavy (non-hydrogen) atoms. The number of phenols is 1. The monoisotopic (exact) mass is 496 g/mol. The van der Waals surface area contributed by atoms with Gasteiger partial charge in [-0.05, 0) is 61.1 Å². The molecule has 0 fully saturated rings. The van der Waals surface area contributed by atoms with Gasteiger partial charge in [-0.15, -0.1) is 0 Å². The molecule has 0 saturated carbocycles. The van der Waals surface area contributed by atoms with E-state index in [1.165, 1.54) is 0 Å². The second-order valence-electron chi connectivity index (χ2n) is 6.87. The normalized spacial score (nSPS) is 12.5. The number of anilines is 2. The van der Waals surface area contributed by atoms with Crippen LogP contribution in [0.25, 0.3) is 11.2 Å². The summed E-state index contributed by atoms with van der Waals surface area (Å²) in [5.74, 6) is 1.25. The first kappa shape index (κ1) is 20.6. The number of nitrogens with zero attached hydrogens (tertiary/aromatic N) is 4. The molecule has 2 aromatic heterocycles. The van der Waals surface area contributed by atoms with Crippen LogP contribution in [0.1, 0.15) is 38.8 Å². The predicted molar refractivity (Wildman–Crippen MR) is 119 cm³/mol. The highest BCUT2D eigenvalue weighted by molar-refractivity contribution is 14.1. The van der Waals surface area contributed by atoms with Crippen LogP contribution in [-0.4, -0.2) is 42.4 Å². The van der Waals surface area contributed by atoms with Gasteiger partial charge < -0.3 is 25.4 Å². The zero-order valence-corrected chi connectivity index (χ0v) is 18.3. The Kier molecular flexibility index (Phi) is 6.55. The van der Waals surface area contributed by atoms with E-state index in [1.54, 1.807) is 12.4 Å². The first-order valence-corrected chi connectivity index (χ1v) is 10.3. The molecule has 9 heteroatoms. The Morgan fingerprint density at radius 1 is 1.25 bits per heavy atom. The van der Waals surface area contributed by atoms with Gasteiger partial charge in [-0.3, -0.25) is 0 Å². The molecular formula is C19H25IN6O2. The van der Waals surface area contributed by atoms with Crippen molar-refractivity contribution in [2.75, 3.05) is 17.2 Å². The van der Waals surface area contributed by atoms with Gasteiger partial charge in [0.25, 0.3) is 0 Å². The molecule has 0 amide bonds. The van der Waals surface area contributed by atoms with E-state index >= 15 is 0 Å². The summed E-state index contributed by atoms with van der Waals surface area (Å²) < 4.78 is 3.02. The lowest BCUT2D eigenvalue weighted by molar-refractivity contribution is 0.271. The maximum absolute atomic E-state index is 10.1. The molecule has 0 spiro atoms. The zero-order chi connectivity index (χ0) is 20.3. The minimum absolute atomic E-state index is 0.000423. The Hall–Kier alpha value is -2.14. The molecule has 4 N–H and O–H groups in total. The summed E-state index contributed by atoms with van der Waals surface area (Å²) in [6.45, 7) is 6.52. The molecule has 0 aliphatic carbocycles. The fourth-order valence-electron chi connectivity index (χ4n) is 2.82. The Morgan fingerprint density at radius 3 is 2.71 bits per heavy atom. The van der Waals surface area contributed by atoms with E-state index in [0.717, 1.165) is 21.2 Å². The second kappa shape index (κ2) is 8.91. The van der Waals surface area contributed by atoms with Crippen LogP contribution in [0.15, 0.2) is 24.5 Å². The number of fused-ring (bicyclic) bond motifs is 1. The Bertz CT molecular complexity index is 955. The summed E-state index contributed by atoms with van der Waals surface area (Å²) in [6.07, 6.45) is 2.51. The SMILES string of the molecule is CCC(CO)Nc1nc(NCc2cc(I)ccc2O)c2ncn(C(C)C)c2n1. The minimum atomic E-state index is -0.125. The number of halogens is 1. The van der Waals surface area contributed by atoms with Crippen LogP contribution in [0.3, 0.4) is 0 Å². The average Bonchev–Trinajstić information content (AvgIpc) is 3.11. The summed E-state index contributed by atoms with van der Waals surface area (Å²) in [5.41, 5.74) is 2.16. The van der Waals surface area contributed by atoms with Gasteiger partial charge >= 0.3 is 0 Å². The zero-order valence-electron chi connectivity index (χ0n) is 16.1. The Balaban J connectivity index is 1.98. The number of rotatable bonds is 8. The number of nitrogens with one attached hydrogen (secondary N) is 2. The third kappa shape index (κ3) is 4.46. The number of benzene rings is 1. The number of aliphatic hydroxyl groups is 1. The maximum Gasteiger partial charge on any atom is 0.227 e. The third-order valence-electron chi connectivity index (χ3n) is 4.51. The van der Waals surface area contributed by atoms with Gasteiger partial charge in [0, 0.05) is 21.7 Å². The number of hydrogen-bond donors (Lipinski definition) is 4. The van der Waals surface area contributed by atoms with Gasteiger partial charge in [0.15, 0.2) is 17.0 Å². The van der Waals surface area contributed by atoms with Gasteiger partial charge in [0.05, 0.1) is 19.0 Å². The highest BCUT2D eigenvalue weighted by atomic mass is 127. The van der Waals surface area contributed by atoms with Crippen molar-refractivity contribution in [2.24, 2.45) is 0 Å². The molecule has 8 nitrogen and oxygen atoms in total. The Morgan fingerprint density at radius 2 is 2.04 bits per heavy atom. The number of hydrogen-bond acceptors (Lipinski definition) is 7. The molecule has 0 aliphatic heterocycles. The smallest absolute Gasteiger partial charge is 0.227 e. The molecule has 0 aliphatic rings. The van der Waals surface area contributed by atoms with Crippen LogP contribution >= 0.6 is 22.6 Å². The molecule has 3 aromatic rings. The standard InChI is InChI=1S/C19H25IN6O2/c1-4-14(9-27)23-19-24-17(16-18(25-19)26(10-22-16)11(2)3)21-8-12-7-13(20)5-6-15(12)28/h5-7,10-11,14,27-28H,4,8-9H2,1-3H3,(H2,21,23,24,25). The lowest BCUT2D eigenvalue weighted by atomic mass is 10.2. The summed E-state index contributed by atoms with van der Waals surface area (Å²) in [4.78, 5) is 13.7. The van der Waals surface area contributed by atoms with Gasteiger partial charge in [0.1, 0.15) is 5.75 Å². The summed E-state index contributed by atoms with van der Waals surface area (Å²) in [5, 5.41) is 26.1. The van der Waals surface area contributed by atoms with Crippen LogP contribution in [0.2, 0.25) is 0 Å². The van der Waals surface area contributed by atoms with E-state index in [2.05, 4.69) is 62.0 Å². The lowest BCUT2D eigenvalue weighted by Crippen LogP contribution is -2.24. The molecular weight excluding hydrogens is 471 g/mol. The topological polar surface area (TPSA) is 108 Å². The minimum Gasteiger partial charge on any atom is -0.508 e. The molecule has 2 heterocycles. The predicted octanol–water partition coefficient (Wildman–Crippen LogP) is 3.51. The largest absolute Gasteiger partial charge is 0.508 e. The number of imidazole rings is 1. The van der Waals surface area contributed by atoms with Gasteiger partial charge in [-0.25, -0.2) is 4.98 Å². The molecule has 1 aromatic carbocycles. The van der Waals surface area contributed by atoms with E-state index in [9.17, 15) is 10.2 Å². The fourth-order valence-corrected chi connectivity index (χ4v) is 3.37. The quantitative estimate of drug-likeness (QED) is 0.354. The number of aromatic hydroxyl groups is 1. The van der Waals surface area contributed by atoms with E-state index in [4.69, 9.17) is 0 Å². The molecule has 1 unspecified atom stereocenters. The third-order valence-corrected chi connectivity index (χ3v) is 5.18. The van der Waals surface area contributed by atoms with Crippen LogP contribution < -0.4 is 10.6 Å². The molecule has 150 valence electrons. The van der Waals surface area contributed by atoms with Crippen molar-refractivity contribution >= 4 is 45.5 Å². The Labute approximate surface area is 177 Å². The van der Waals surface area contributed by atoms with E-state index in [-0.39, 0.29) is 24.4 Å². The van der Waals surface area contributed by atoms with Crippen LogP contribution in [0, 0.1) is 3.57 Å². The van der Waals surface area contributed by atoms with Gasteiger partial charge in [-0.1, -0.05) is 6.92 Å². The molecule has 1 atom stereocenters. The van der Waals surface area contributed by atoms with Crippen molar-refractivity contribution in [1.29, 1.82) is 0 Å². The van der Waals surface area contributed by atoms with Crippen molar-refractivity contribution in [3.63, 3.8) is 0 Å². The summed E-state index contributed by atoms with van der Waals surface area (Å²) in [7, 11) is 0. The second-order valence-corrected chi connectivity index (χ2v) is 8.12. The molecule has 0 radical (unpaired) electrons. The first-order valence-electron chi connectivity index (χ1n) is 9.26. The molecule has 3 rings (SSSR count). The van der Waals surface area contributed by atoms with Gasteiger partial charge in [-0.2, -0.15) is 9.97 Å². The molecule has 0 saturated heterocycles.